The summed E-state index contributed by atoms with van der Waals surface area (Å²) in [7, 11) is 0. The first-order chi connectivity index (χ1) is 12.1. The zero-order valence-electron chi connectivity index (χ0n) is 13.8. The van der Waals surface area contributed by atoms with E-state index in [2.05, 4.69) is 10.6 Å². The van der Waals surface area contributed by atoms with E-state index in [9.17, 15) is 14.0 Å². The summed E-state index contributed by atoms with van der Waals surface area (Å²) in [4.78, 5) is 25.7. The summed E-state index contributed by atoms with van der Waals surface area (Å²) in [6, 6.07) is 13.3. The molecule has 0 unspecified atom stereocenters. The molecule has 2 aromatic carbocycles. The van der Waals surface area contributed by atoms with Crippen molar-refractivity contribution in [2.45, 2.75) is 19.3 Å². The Hall–Kier alpha value is -2.89. The molecular weight excluding hydrogens is 321 g/mol. The number of amides is 3. The Morgan fingerprint density at radius 3 is 2.84 bits per heavy atom. The number of urea groups is 1. The molecule has 0 saturated carbocycles. The van der Waals surface area contributed by atoms with E-state index < -0.39 is 0 Å². The van der Waals surface area contributed by atoms with Crippen LogP contribution in [0.2, 0.25) is 0 Å². The predicted octanol–water partition coefficient (Wildman–Crippen LogP) is 3.32. The van der Waals surface area contributed by atoms with Crippen molar-refractivity contribution in [1.82, 2.24) is 5.32 Å². The molecular formula is C19H20FN3O2. The van der Waals surface area contributed by atoms with Crippen molar-refractivity contribution in [2.75, 3.05) is 23.3 Å². The molecule has 0 aliphatic carbocycles. The quantitative estimate of drug-likeness (QED) is 0.876. The lowest BCUT2D eigenvalue weighted by atomic mass is 10.1. The van der Waals surface area contributed by atoms with E-state index in [1.54, 1.807) is 35.2 Å². The van der Waals surface area contributed by atoms with Gasteiger partial charge in [-0.3, -0.25) is 9.69 Å². The van der Waals surface area contributed by atoms with Gasteiger partial charge in [-0.05, 0) is 48.7 Å². The molecule has 2 aromatic rings. The maximum absolute atomic E-state index is 13.2. The van der Waals surface area contributed by atoms with Crippen molar-refractivity contribution in [2.24, 2.45) is 0 Å². The Balaban J connectivity index is 1.59. The fraction of sp³-hybridized carbons (Fsp3) is 0.263. The lowest BCUT2D eigenvalue weighted by Crippen LogP contribution is -2.46. The normalized spacial score (nSPS) is 14.1. The first-order valence-electron chi connectivity index (χ1n) is 8.31. The molecule has 1 aliphatic rings. The molecule has 0 bridgehead atoms. The van der Waals surface area contributed by atoms with Gasteiger partial charge in [-0.15, -0.1) is 0 Å². The van der Waals surface area contributed by atoms with Crippen molar-refractivity contribution in [3.8, 4) is 0 Å². The van der Waals surface area contributed by atoms with Crippen molar-refractivity contribution in [1.29, 1.82) is 0 Å². The largest absolute Gasteiger partial charge is 0.338 e. The highest BCUT2D eigenvalue weighted by Gasteiger charge is 2.19. The lowest BCUT2D eigenvalue weighted by Gasteiger charge is -2.27. The number of nitrogens with one attached hydrogen (secondary N) is 2. The summed E-state index contributed by atoms with van der Waals surface area (Å²) in [5, 5.41) is 5.63. The second-order valence-corrected chi connectivity index (χ2v) is 5.97. The molecule has 1 heterocycles. The molecule has 3 amide bonds. The zero-order valence-corrected chi connectivity index (χ0v) is 13.8. The van der Waals surface area contributed by atoms with Gasteiger partial charge < -0.3 is 10.6 Å². The summed E-state index contributed by atoms with van der Waals surface area (Å²) in [6.07, 6.45) is 1.62. The third kappa shape index (κ3) is 4.56. The van der Waals surface area contributed by atoms with Gasteiger partial charge in [-0.2, -0.15) is 0 Å². The van der Waals surface area contributed by atoms with Gasteiger partial charge in [0.2, 0.25) is 5.91 Å². The summed E-state index contributed by atoms with van der Waals surface area (Å²) in [5.74, 6) is -0.449. The zero-order chi connectivity index (χ0) is 17.6. The van der Waals surface area contributed by atoms with Crippen LogP contribution in [0.3, 0.4) is 0 Å². The number of halogens is 1. The average molecular weight is 341 g/mol. The number of carbonyl (C=O) groups excluding carboxylic acids is 2. The molecule has 0 atom stereocenters. The maximum Gasteiger partial charge on any atom is 0.321 e. The number of aryl methyl sites for hydroxylation is 1. The molecule has 5 nitrogen and oxygen atoms in total. The minimum Gasteiger partial charge on any atom is -0.338 e. The van der Waals surface area contributed by atoms with Crippen molar-refractivity contribution >= 4 is 23.3 Å². The van der Waals surface area contributed by atoms with E-state index >= 15 is 0 Å². The molecule has 0 spiro atoms. The maximum atomic E-state index is 13.2. The summed E-state index contributed by atoms with van der Waals surface area (Å²) < 4.78 is 13.2. The van der Waals surface area contributed by atoms with Gasteiger partial charge in [0.25, 0.3) is 0 Å². The van der Waals surface area contributed by atoms with Crippen LogP contribution < -0.4 is 15.5 Å². The minimum atomic E-state index is -0.301. The van der Waals surface area contributed by atoms with Gasteiger partial charge in [0.05, 0.1) is 0 Å². The van der Waals surface area contributed by atoms with Crippen LogP contribution in [0.25, 0.3) is 0 Å². The molecule has 130 valence electrons. The van der Waals surface area contributed by atoms with Crippen LogP contribution >= 0.6 is 0 Å². The van der Waals surface area contributed by atoms with Gasteiger partial charge in [-0.25, -0.2) is 9.18 Å². The second-order valence-electron chi connectivity index (χ2n) is 5.97. The Morgan fingerprint density at radius 2 is 2.04 bits per heavy atom. The number of hydrogen-bond acceptors (Lipinski definition) is 2. The van der Waals surface area contributed by atoms with Crippen LogP contribution in [0.1, 0.15) is 18.4 Å². The van der Waals surface area contributed by atoms with Crippen molar-refractivity contribution in [3.63, 3.8) is 0 Å². The van der Waals surface area contributed by atoms with E-state index in [4.69, 9.17) is 0 Å². The Bertz CT molecular complexity index is 779. The summed E-state index contributed by atoms with van der Waals surface area (Å²) in [6.45, 7) is 1.34. The SMILES string of the molecule is O=C(CCc1cccc(F)c1)Nc1cccc(N2CCCNC2=O)c1. The standard InChI is InChI=1S/C19H20FN3O2/c20-15-5-1-4-14(12-15)8-9-18(24)22-16-6-2-7-17(13-16)23-11-3-10-21-19(23)25/h1-2,4-7,12-13H,3,8-11H2,(H,21,25)(H,22,24). The van der Waals surface area contributed by atoms with Crippen LogP contribution in [-0.2, 0) is 11.2 Å². The molecule has 0 aromatic heterocycles. The van der Waals surface area contributed by atoms with Crippen molar-refractivity contribution < 1.29 is 14.0 Å². The van der Waals surface area contributed by atoms with Crippen molar-refractivity contribution in [3.05, 3.63) is 59.9 Å². The van der Waals surface area contributed by atoms with E-state index in [0.29, 0.717) is 25.2 Å². The monoisotopic (exact) mass is 341 g/mol. The minimum absolute atomic E-state index is 0.124. The van der Waals surface area contributed by atoms with Gasteiger partial charge in [0, 0.05) is 30.9 Å². The molecule has 1 saturated heterocycles. The first-order valence-corrected chi connectivity index (χ1v) is 8.31. The van der Waals surface area contributed by atoms with E-state index in [1.807, 2.05) is 6.07 Å². The second kappa shape index (κ2) is 7.79. The number of nitrogens with zero attached hydrogens (tertiary/aromatic N) is 1. The third-order valence-corrected chi connectivity index (χ3v) is 4.05. The van der Waals surface area contributed by atoms with Crippen LogP contribution in [0.5, 0.6) is 0 Å². The van der Waals surface area contributed by atoms with Crippen LogP contribution in [0, 0.1) is 5.82 Å². The molecule has 3 rings (SSSR count). The smallest absolute Gasteiger partial charge is 0.321 e. The van der Waals surface area contributed by atoms with Crippen LogP contribution in [0.4, 0.5) is 20.6 Å². The highest BCUT2D eigenvalue weighted by molar-refractivity contribution is 5.95. The topological polar surface area (TPSA) is 61.4 Å². The van der Waals surface area contributed by atoms with E-state index in [-0.39, 0.29) is 24.2 Å². The first kappa shape index (κ1) is 17.0. The lowest BCUT2D eigenvalue weighted by molar-refractivity contribution is -0.116. The Labute approximate surface area is 145 Å². The Morgan fingerprint density at radius 1 is 1.20 bits per heavy atom. The van der Waals surface area contributed by atoms with Gasteiger partial charge in [0.15, 0.2) is 0 Å². The molecule has 25 heavy (non-hydrogen) atoms. The molecule has 0 radical (unpaired) electrons. The summed E-state index contributed by atoms with van der Waals surface area (Å²) in [5.41, 5.74) is 2.18. The Kier molecular flexibility index (Phi) is 5.28. The van der Waals surface area contributed by atoms with E-state index in [0.717, 1.165) is 17.7 Å². The number of rotatable bonds is 5. The number of benzene rings is 2. The van der Waals surface area contributed by atoms with E-state index in [1.165, 1.54) is 12.1 Å². The third-order valence-electron chi connectivity index (χ3n) is 4.05. The summed E-state index contributed by atoms with van der Waals surface area (Å²) >= 11 is 0. The highest BCUT2D eigenvalue weighted by Crippen LogP contribution is 2.21. The van der Waals surface area contributed by atoms with Gasteiger partial charge >= 0.3 is 6.03 Å². The molecule has 1 aliphatic heterocycles. The van der Waals surface area contributed by atoms with Gasteiger partial charge in [0.1, 0.15) is 5.82 Å². The highest BCUT2D eigenvalue weighted by atomic mass is 19.1. The number of hydrogen-bond donors (Lipinski definition) is 2. The molecule has 1 fully saturated rings. The molecule has 6 heteroatoms. The van der Waals surface area contributed by atoms with Gasteiger partial charge in [-0.1, -0.05) is 18.2 Å². The fourth-order valence-electron chi connectivity index (χ4n) is 2.80. The van der Waals surface area contributed by atoms with Crippen LogP contribution in [-0.4, -0.2) is 25.0 Å². The van der Waals surface area contributed by atoms with Crippen LogP contribution in [0.15, 0.2) is 48.5 Å². The fourth-order valence-corrected chi connectivity index (χ4v) is 2.80. The number of anilines is 2. The average Bonchev–Trinajstić information content (AvgIpc) is 2.61. The number of carbonyl (C=O) groups is 2. The molecule has 2 N–H and O–H groups in total. The predicted molar refractivity (Wildman–Crippen MR) is 95.2 cm³/mol.